The van der Waals surface area contributed by atoms with E-state index in [0.717, 1.165) is 12.0 Å². The van der Waals surface area contributed by atoms with E-state index in [2.05, 4.69) is 13.8 Å². The van der Waals surface area contributed by atoms with Crippen LogP contribution >= 0.6 is 0 Å². The number of rotatable bonds is 2. The van der Waals surface area contributed by atoms with Crippen LogP contribution in [-0.4, -0.2) is 4.57 Å². The molecule has 0 aromatic carbocycles. The molecule has 2 nitrogen and oxygen atoms in total. The Balaban J connectivity index is 2.90. The molecule has 1 aromatic rings. The van der Waals surface area contributed by atoms with Crippen LogP contribution in [0.4, 0.5) is 0 Å². The van der Waals surface area contributed by atoms with E-state index in [1.807, 2.05) is 12.3 Å². The molecule has 2 heteroatoms. The molecule has 1 rings (SSSR count). The van der Waals surface area contributed by atoms with Gasteiger partial charge in [-0.3, -0.25) is 4.79 Å². The van der Waals surface area contributed by atoms with Gasteiger partial charge in [0.05, 0.1) is 0 Å². The lowest BCUT2D eigenvalue weighted by molar-refractivity contribution is 0.644. The normalized spacial score (nSPS) is 10.7. The molecule has 0 amide bonds. The van der Waals surface area contributed by atoms with Crippen molar-refractivity contribution in [3.63, 3.8) is 0 Å². The van der Waals surface area contributed by atoms with E-state index in [1.165, 1.54) is 0 Å². The van der Waals surface area contributed by atoms with Crippen molar-refractivity contribution in [1.29, 1.82) is 0 Å². The van der Waals surface area contributed by atoms with Crippen LogP contribution in [-0.2, 0) is 13.5 Å². The van der Waals surface area contributed by atoms with Gasteiger partial charge < -0.3 is 4.57 Å². The lowest BCUT2D eigenvalue weighted by Crippen LogP contribution is -2.15. The summed E-state index contributed by atoms with van der Waals surface area (Å²) >= 11 is 0. The first-order valence-corrected chi connectivity index (χ1v) is 4.25. The van der Waals surface area contributed by atoms with Crippen LogP contribution in [0.3, 0.4) is 0 Å². The van der Waals surface area contributed by atoms with E-state index in [1.54, 1.807) is 17.7 Å². The lowest BCUT2D eigenvalue weighted by Gasteiger charge is -2.04. The standard InChI is InChI=1S/C10H15NO/c1-8(2)6-9-4-5-11(3)10(12)7-9/h4-5,7-8H,6H2,1-3H3. The first-order valence-electron chi connectivity index (χ1n) is 4.25. The zero-order chi connectivity index (χ0) is 9.14. The van der Waals surface area contributed by atoms with Crippen LogP contribution in [0.25, 0.3) is 0 Å². The maximum Gasteiger partial charge on any atom is 0.250 e. The van der Waals surface area contributed by atoms with Crippen LogP contribution in [0.5, 0.6) is 0 Å². The number of hydrogen-bond donors (Lipinski definition) is 0. The summed E-state index contributed by atoms with van der Waals surface area (Å²) in [6.45, 7) is 4.30. The van der Waals surface area contributed by atoms with Gasteiger partial charge in [0.1, 0.15) is 0 Å². The Hall–Kier alpha value is -1.05. The summed E-state index contributed by atoms with van der Waals surface area (Å²) < 4.78 is 1.59. The van der Waals surface area contributed by atoms with Gasteiger partial charge in [-0.15, -0.1) is 0 Å². The average Bonchev–Trinajstić information content (AvgIpc) is 1.96. The number of aromatic nitrogens is 1. The van der Waals surface area contributed by atoms with Crippen LogP contribution in [0.15, 0.2) is 23.1 Å². The highest BCUT2D eigenvalue weighted by atomic mass is 16.1. The fourth-order valence-corrected chi connectivity index (χ4v) is 1.19. The Morgan fingerprint density at radius 1 is 1.50 bits per heavy atom. The van der Waals surface area contributed by atoms with Gasteiger partial charge in [0, 0.05) is 19.3 Å². The minimum atomic E-state index is 0.0770. The van der Waals surface area contributed by atoms with Crippen molar-refractivity contribution in [2.45, 2.75) is 20.3 Å². The molecule has 0 saturated carbocycles. The minimum Gasteiger partial charge on any atom is -0.319 e. The maximum absolute atomic E-state index is 11.2. The van der Waals surface area contributed by atoms with E-state index in [9.17, 15) is 4.79 Å². The summed E-state index contributed by atoms with van der Waals surface area (Å²) in [6, 6.07) is 3.71. The zero-order valence-electron chi connectivity index (χ0n) is 7.87. The first-order chi connectivity index (χ1) is 5.59. The highest BCUT2D eigenvalue weighted by Crippen LogP contribution is 2.04. The van der Waals surface area contributed by atoms with Crippen LogP contribution in [0, 0.1) is 5.92 Å². The molecule has 0 fully saturated rings. The van der Waals surface area contributed by atoms with Gasteiger partial charge in [-0.25, -0.2) is 0 Å². The van der Waals surface area contributed by atoms with E-state index >= 15 is 0 Å². The Kier molecular flexibility index (Phi) is 2.69. The van der Waals surface area contributed by atoms with Crippen LogP contribution < -0.4 is 5.56 Å². The molecule has 0 N–H and O–H groups in total. The molecular formula is C10H15NO. The Bertz CT molecular complexity index is 312. The molecule has 0 bridgehead atoms. The van der Waals surface area contributed by atoms with Crippen molar-refractivity contribution in [1.82, 2.24) is 4.57 Å². The SMILES string of the molecule is CC(C)Cc1ccn(C)c(=O)c1. The highest BCUT2D eigenvalue weighted by molar-refractivity contribution is 5.11. The monoisotopic (exact) mass is 165 g/mol. The van der Waals surface area contributed by atoms with Crippen molar-refractivity contribution >= 4 is 0 Å². The summed E-state index contributed by atoms with van der Waals surface area (Å²) in [6.07, 6.45) is 2.80. The van der Waals surface area contributed by atoms with E-state index in [4.69, 9.17) is 0 Å². The van der Waals surface area contributed by atoms with Crippen molar-refractivity contribution in [3.8, 4) is 0 Å². The molecule has 0 aliphatic heterocycles. The molecule has 0 aliphatic carbocycles. The molecule has 0 aliphatic rings. The minimum absolute atomic E-state index is 0.0770. The summed E-state index contributed by atoms with van der Waals surface area (Å²) in [5, 5.41) is 0. The molecule has 0 spiro atoms. The number of pyridine rings is 1. The summed E-state index contributed by atoms with van der Waals surface area (Å²) in [7, 11) is 1.77. The number of aryl methyl sites for hydroxylation is 1. The molecule has 0 saturated heterocycles. The van der Waals surface area contributed by atoms with Gasteiger partial charge >= 0.3 is 0 Å². The Labute approximate surface area is 72.8 Å². The number of hydrogen-bond acceptors (Lipinski definition) is 1. The summed E-state index contributed by atoms with van der Waals surface area (Å²) in [5.74, 6) is 0.608. The molecule has 1 heterocycles. The molecule has 0 radical (unpaired) electrons. The van der Waals surface area contributed by atoms with Gasteiger partial charge in [0.2, 0.25) is 0 Å². The number of nitrogens with zero attached hydrogens (tertiary/aromatic N) is 1. The average molecular weight is 165 g/mol. The quantitative estimate of drug-likeness (QED) is 0.652. The van der Waals surface area contributed by atoms with Crippen LogP contribution in [0.1, 0.15) is 19.4 Å². The largest absolute Gasteiger partial charge is 0.319 e. The van der Waals surface area contributed by atoms with Gasteiger partial charge in [-0.05, 0) is 24.0 Å². The lowest BCUT2D eigenvalue weighted by atomic mass is 10.0. The van der Waals surface area contributed by atoms with Crippen molar-refractivity contribution in [3.05, 3.63) is 34.2 Å². The van der Waals surface area contributed by atoms with Gasteiger partial charge in [0.15, 0.2) is 0 Å². The van der Waals surface area contributed by atoms with Gasteiger partial charge in [-0.1, -0.05) is 13.8 Å². The smallest absolute Gasteiger partial charge is 0.250 e. The molecule has 0 unspecified atom stereocenters. The maximum atomic E-state index is 11.2. The second kappa shape index (κ2) is 3.57. The van der Waals surface area contributed by atoms with Crippen molar-refractivity contribution in [2.75, 3.05) is 0 Å². The van der Waals surface area contributed by atoms with Crippen molar-refractivity contribution in [2.24, 2.45) is 13.0 Å². The third-order valence-corrected chi connectivity index (χ3v) is 1.81. The molecule has 66 valence electrons. The zero-order valence-corrected chi connectivity index (χ0v) is 7.87. The predicted octanol–water partition coefficient (Wildman–Crippen LogP) is 1.58. The Morgan fingerprint density at radius 2 is 2.17 bits per heavy atom. The molecule has 1 aromatic heterocycles. The molecular weight excluding hydrogens is 150 g/mol. The van der Waals surface area contributed by atoms with Crippen molar-refractivity contribution < 1.29 is 0 Å². The fourth-order valence-electron chi connectivity index (χ4n) is 1.19. The molecule has 12 heavy (non-hydrogen) atoms. The summed E-state index contributed by atoms with van der Waals surface area (Å²) in [4.78, 5) is 11.2. The van der Waals surface area contributed by atoms with E-state index in [-0.39, 0.29) is 5.56 Å². The third kappa shape index (κ3) is 2.22. The van der Waals surface area contributed by atoms with E-state index < -0.39 is 0 Å². The van der Waals surface area contributed by atoms with Crippen LogP contribution in [0.2, 0.25) is 0 Å². The second-order valence-electron chi connectivity index (χ2n) is 3.58. The summed E-state index contributed by atoms with van der Waals surface area (Å²) in [5.41, 5.74) is 1.21. The topological polar surface area (TPSA) is 22.0 Å². The Morgan fingerprint density at radius 3 is 2.67 bits per heavy atom. The predicted molar refractivity (Wildman–Crippen MR) is 50.2 cm³/mol. The van der Waals surface area contributed by atoms with E-state index in [0.29, 0.717) is 5.92 Å². The second-order valence-corrected chi connectivity index (χ2v) is 3.58. The first kappa shape index (κ1) is 9.04. The third-order valence-electron chi connectivity index (χ3n) is 1.81. The van der Waals surface area contributed by atoms with Gasteiger partial charge in [-0.2, -0.15) is 0 Å². The highest BCUT2D eigenvalue weighted by Gasteiger charge is 1.98. The molecule has 0 atom stereocenters. The fraction of sp³-hybridized carbons (Fsp3) is 0.500. The van der Waals surface area contributed by atoms with Gasteiger partial charge in [0.25, 0.3) is 5.56 Å².